The van der Waals surface area contributed by atoms with Gasteiger partial charge < -0.3 is 19.6 Å². The van der Waals surface area contributed by atoms with Crippen LogP contribution >= 0.6 is 0 Å². The molecule has 0 saturated carbocycles. The lowest BCUT2D eigenvalue weighted by Gasteiger charge is -2.19. The van der Waals surface area contributed by atoms with Crippen molar-refractivity contribution in [2.75, 3.05) is 13.2 Å². The van der Waals surface area contributed by atoms with Crippen LogP contribution in [0, 0.1) is 0 Å². The number of aromatic carboxylic acids is 1. The van der Waals surface area contributed by atoms with E-state index in [4.69, 9.17) is 14.3 Å². The summed E-state index contributed by atoms with van der Waals surface area (Å²) in [5.41, 5.74) is 1.31. The zero-order valence-corrected chi connectivity index (χ0v) is 14.0. The van der Waals surface area contributed by atoms with Gasteiger partial charge in [0.2, 0.25) is 5.76 Å². The molecule has 0 spiro atoms. The van der Waals surface area contributed by atoms with Crippen molar-refractivity contribution in [3.63, 3.8) is 0 Å². The van der Waals surface area contributed by atoms with Gasteiger partial charge in [0, 0.05) is 0 Å². The van der Waals surface area contributed by atoms with Gasteiger partial charge in [-0.3, -0.25) is 4.79 Å². The van der Waals surface area contributed by atoms with E-state index in [2.05, 4.69) is 26.1 Å². The van der Waals surface area contributed by atoms with Crippen LogP contribution in [0.5, 0.6) is 5.75 Å². The lowest BCUT2D eigenvalue weighted by molar-refractivity contribution is 0.0659. The first-order valence-corrected chi connectivity index (χ1v) is 7.62. The quantitative estimate of drug-likeness (QED) is 0.794. The number of ether oxygens (including phenoxy) is 1. The third-order valence-electron chi connectivity index (χ3n) is 3.42. The Bertz CT molecular complexity index is 710. The average Bonchev–Trinajstić information content (AvgIpc) is 3.01. The molecule has 0 unspecified atom stereocenters. The van der Waals surface area contributed by atoms with Crippen molar-refractivity contribution >= 4 is 11.9 Å². The van der Waals surface area contributed by atoms with Gasteiger partial charge in [-0.2, -0.15) is 0 Å². The molecule has 128 valence electrons. The maximum Gasteiger partial charge on any atom is 0.371 e. The molecular weight excluding hydrogens is 310 g/mol. The number of amides is 1. The SMILES string of the molecule is CC(C)(C)c1ccc(OCCNC(=O)c2ccc(C(=O)O)o2)cc1. The van der Waals surface area contributed by atoms with Crippen LogP contribution in [0.3, 0.4) is 0 Å². The molecule has 0 aliphatic heterocycles. The number of carbonyl (C=O) groups excluding carboxylic acids is 1. The normalized spacial score (nSPS) is 11.1. The molecule has 0 aliphatic rings. The van der Waals surface area contributed by atoms with Gasteiger partial charge in [0.05, 0.1) is 6.54 Å². The van der Waals surface area contributed by atoms with Crippen LogP contribution in [0.25, 0.3) is 0 Å². The van der Waals surface area contributed by atoms with Gasteiger partial charge in [-0.1, -0.05) is 32.9 Å². The molecule has 24 heavy (non-hydrogen) atoms. The second kappa shape index (κ2) is 7.21. The summed E-state index contributed by atoms with van der Waals surface area (Å²) in [4.78, 5) is 22.5. The van der Waals surface area contributed by atoms with Crippen molar-refractivity contribution < 1.29 is 23.8 Å². The van der Waals surface area contributed by atoms with E-state index in [-0.39, 0.29) is 23.5 Å². The van der Waals surface area contributed by atoms with E-state index >= 15 is 0 Å². The summed E-state index contributed by atoms with van der Waals surface area (Å²) in [7, 11) is 0. The van der Waals surface area contributed by atoms with Crippen molar-refractivity contribution in [1.29, 1.82) is 0 Å². The van der Waals surface area contributed by atoms with Gasteiger partial charge in [0.1, 0.15) is 12.4 Å². The highest BCUT2D eigenvalue weighted by molar-refractivity contribution is 5.93. The van der Waals surface area contributed by atoms with Crippen LogP contribution < -0.4 is 10.1 Å². The Morgan fingerprint density at radius 1 is 1.08 bits per heavy atom. The summed E-state index contributed by atoms with van der Waals surface area (Å²) in [5, 5.41) is 11.4. The van der Waals surface area contributed by atoms with E-state index in [9.17, 15) is 9.59 Å². The molecule has 2 N–H and O–H groups in total. The second-order valence-electron chi connectivity index (χ2n) is 6.35. The number of nitrogens with one attached hydrogen (secondary N) is 1. The van der Waals surface area contributed by atoms with Crippen molar-refractivity contribution in [3.8, 4) is 5.75 Å². The Kier molecular flexibility index (Phi) is 5.28. The Hall–Kier alpha value is -2.76. The highest BCUT2D eigenvalue weighted by Crippen LogP contribution is 2.24. The molecule has 0 atom stereocenters. The fraction of sp³-hybridized carbons (Fsp3) is 0.333. The third kappa shape index (κ3) is 4.62. The van der Waals surface area contributed by atoms with Crippen LogP contribution in [0.1, 0.15) is 47.4 Å². The fourth-order valence-corrected chi connectivity index (χ4v) is 2.05. The minimum absolute atomic E-state index is 0.0399. The molecular formula is C18H21NO5. The summed E-state index contributed by atoms with van der Waals surface area (Å²) in [6.07, 6.45) is 0. The number of carbonyl (C=O) groups is 2. The van der Waals surface area contributed by atoms with Gasteiger partial charge >= 0.3 is 5.97 Å². The minimum Gasteiger partial charge on any atom is -0.492 e. The minimum atomic E-state index is -1.21. The molecule has 0 radical (unpaired) electrons. The van der Waals surface area contributed by atoms with Gasteiger partial charge in [0.15, 0.2) is 5.76 Å². The van der Waals surface area contributed by atoms with Crippen molar-refractivity contribution in [2.24, 2.45) is 0 Å². The Balaban J connectivity index is 1.78. The summed E-state index contributed by atoms with van der Waals surface area (Å²) in [6, 6.07) is 10.4. The largest absolute Gasteiger partial charge is 0.492 e. The van der Waals surface area contributed by atoms with Gasteiger partial charge in [-0.15, -0.1) is 0 Å². The first-order chi connectivity index (χ1) is 11.3. The Labute approximate surface area is 140 Å². The number of rotatable bonds is 6. The van der Waals surface area contributed by atoms with E-state index in [0.29, 0.717) is 6.61 Å². The average molecular weight is 331 g/mol. The predicted octanol–water partition coefficient (Wildman–Crippen LogP) is 3.08. The molecule has 6 nitrogen and oxygen atoms in total. The van der Waals surface area contributed by atoms with Gasteiger partial charge in [0.25, 0.3) is 5.91 Å². The highest BCUT2D eigenvalue weighted by Gasteiger charge is 2.15. The number of carboxylic acids is 1. The predicted molar refractivity (Wildman–Crippen MR) is 88.6 cm³/mol. The highest BCUT2D eigenvalue weighted by atomic mass is 16.5. The lowest BCUT2D eigenvalue weighted by Crippen LogP contribution is -2.27. The Morgan fingerprint density at radius 2 is 1.71 bits per heavy atom. The topological polar surface area (TPSA) is 88.8 Å². The van der Waals surface area contributed by atoms with Crippen molar-refractivity contribution in [3.05, 3.63) is 53.5 Å². The monoisotopic (exact) mass is 331 g/mol. The first kappa shape index (κ1) is 17.6. The number of hydrogen-bond donors (Lipinski definition) is 2. The molecule has 1 heterocycles. The fourth-order valence-electron chi connectivity index (χ4n) is 2.05. The van der Waals surface area contributed by atoms with E-state index in [1.807, 2.05) is 24.3 Å². The Morgan fingerprint density at radius 3 is 2.25 bits per heavy atom. The number of furan rings is 1. The van der Waals surface area contributed by atoms with Crippen molar-refractivity contribution in [1.82, 2.24) is 5.32 Å². The van der Waals surface area contributed by atoms with Gasteiger partial charge in [-0.05, 0) is 35.2 Å². The molecule has 2 aromatic rings. The van der Waals surface area contributed by atoms with E-state index in [1.54, 1.807) is 0 Å². The third-order valence-corrected chi connectivity index (χ3v) is 3.42. The standard InChI is InChI=1S/C18H21NO5/c1-18(2,3)12-4-6-13(7-5-12)23-11-10-19-16(20)14-8-9-15(24-14)17(21)22/h4-9H,10-11H2,1-3H3,(H,19,20)(H,21,22). The molecule has 0 bridgehead atoms. The summed E-state index contributed by atoms with van der Waals surface area (Å²) >= 11 is 0. The zero-order valence-electron chi connectivity index (χ0n) is 14.0. The first-order valence-electron chi connectivity index (χ1n) is 7.62. The molecule has 1 amide bonds. The van der Waals surface area contributed by atoms with Crippen LogP contribution in [0.2, 0.25) is 0 Å². The van der Waals surface area contributed by atoms with Crippen LogP contribution in [0.4, 0.5) is 0 Å². The molecule has 0 saturated heterocycles. The molecule has 0 fully saturated rings. The van der Waals surface area contributed by atoms with E-state index in [1.165, 1.54) is 17.7 Å². The number of carboxylic acid groups (broad SMARTS) is 1. The summed E-state index contributed by atoms with van der Waals surface area (Å²) in [5.74, 6) is -1.27. The molecule has 1 aromatic heterocycles. The molecule has 6 heteroatoms. The second-order valence-corrected chi connectivity index (χ2v) is 6.35. The molecule has 1 aromatic carbocycles. The number of benzene rings is 1. The number of hydrogen-bond acceptors (Lipinski definition) is 4. The molecule has 0 aliphatic carbocycles. The van der Waals surface area contributed by atoms with Crippen LogP contribution in [0.15, 0.2) is 40.8 Å². The van der Waals surface area contributed by atoms with E-state index in [0.717, 1.165) is 5.75 Å². The van der Waals surface area contributed by atoms with Gasteiger partial charge in [-0.25, -0.2) is 4.79 Å². The lowest BCUT2D eigenvalue weighted by atomic mass is 9.87. The van der Waals surface area contributed by atoms with E-state index < -0.39 is 11.9 Å². The zero-order chi connectivity index (χ0) is 17.7. The van der Waals surface area contributed by atoms with Crippen molar-refractivity contribution in [2.45, 2.75) is 26.2 Å². The van der Waals surface area contributed by atoms with Crippen LogP contribution in [-0.2, 0) is 5.41 Å². The maximum atomic E-state index is 11.8. The van der Waals surface area contributed by atoms with Crippen LogP contribution in [-0.4, -0.2) is 30.1 Å². The maximum absolute atomic E-state index is 11.8. The summed E-state index contributed by atoms with van der Waals surface area (Å²) in [6.45, 7) is 7.00. The molecule has 2 rings (SSSR count). The summed E-state index contributed by atoms with van der Waals surface area (Å²) < 4.78 is 10.5. The smallest absolute Gasteiger partial charge is 0.371 e.